The maximum Gasteiger partial charge on any atom is 2.00 e. The summed E-state index contributed by atoms with van der Waals surface area (Å²) in [4.78, 5) is 4.81. The fraction of sp³-hybridized carbons (Fsp3) is 0.481. The number of hydrogen-bond donors (Lipinski definition) is 0. The number of rotatable bonds is 6. The van der Waals surface area contributed by atoms with E-state index in [-0.39, 0.29) is 44.3 Å². The monoisotopic (exact) mass is 949 g/mol. The molecule has 9 rings (SSSR count). The number of hydrogen-bond acceptors (Lipinski definition) is 2. The van der Waals surface area contributed by atoms with Gasteiger partial charge in [-0.1, -0.05) is 150 Å². The molecule has 4 aromatic carbocycles. The molecule has 0 bridgehead atoms. The Bertz CT molecular complexity index is 1960. The predicted octanol–water partition coefficient (Wildman–Crippen LogP) is 7.29. The summed E-state index contributed by atoms with van der Waals surface area (Å²) in [6.07, 6.45) is 25.7. The molecule has 60 heavy (non-hydrogen) atoms. The van der Waals surface area contributed by atoms with Crippen LogP contribution in [-0.4, -0.2) is 30.1 Å². The van der Waals surface area contributed by atoms with Crippen molar-refractivity contribution in [2.75, 3.05) is 22.9 Å². The summed E-state index contributed by atoms with van der Waals surface area (Å²) in [5.41, 5.74) is 20.2. The van der Waals surface area contributed by atoms with E-state index in [2.05, 4.69) is 137 Å². The molecule has 4 aliphatic carbocycles. The zero-order valence-corrected chi connectivity index (χ0v) is 41.5. The minimum atomic E-state index is 0. The molecule has 5 aliphatic rings. The molecule has 1 radical (unpaired) electrons. The Morgan fingerprint density at radius 1 is 0.500 bits per heavy atom. The SMILES string of the molecule is C1=CC(c2ccccc2)=c2ccccc2=1.C1CCC(P(C2CCCCC2)C2CCCCC2)CC1.Cc1cc(C)c(N2[CH]N(c3c(C)cc(C)cc3C)CC2)c(C)c1.[Cl-].[Cl-].[Ru+2]. The van der Waals surface area contributed by atoms with Gasteiger partial charge in [0, 0.05) is 29.7 Å². The number of nitrogens with zero attached hydrogens (tertiary/aromatic N) is 2. The molecule has 1 heterocycles. The van der Waals surface area contributed by atoms with Crippen molar-refractivity contribution >= 4 is 30.6 Å². The molecule has 0 unspecified atom stereocenters. The van der Waals surface area contributed by atoms with Crippen molar-refractivity contribution < 1.29 is 44.3 Å². The first kappa shape index (κ1) is 50.3. The van der Waals surface area contributed by atoms with Gasteiger partial charge in [0.1, 0.15) is 6.67 Å². The summed E-state index contributed by atoms with van der Waals surface area (Å²) in [6, 6.07) is 27.9. The number of halogens is 2. The van der Waals surface area contributed by atoms with Gasteiger partial charge >= 0.3 is 19.5 Å². The normalized spacial score (nSPS) is 17.9. The van der Waals surface area contributed by atoms with E-state index in [0.717, 1.165) is 13.1 Å². The Morgan fingerprint density at radius 2 is 0.883 bits per heavy atom. The van der Waals surface area contributed by atoms with Gasteiger partial charge in [-0.15, -0.1) is 5.73 Å². The van der Waals surface area contributed by atoms with Gasteiger partial charge in [0.15, 0.2) is 0 Å². The van der Waals surface area contributed by atoms with Gasteiger partial charge in [-0.05, 0) is 148 Å². The topological polar surface area (TPSA) is 6.48 Å². The van der Waals surface area contributed by atoms with Crippen LogP contribution in [0.4, 0.5) is 11.4 Å². The summed E-state index contributed by atoms with van der Waals surface area (Å²) < 4.78 is 0. The fourth-order valence-corrected chi connectivity index (χ4v) is 15.7. The third-order valence-electron chi connectivity index (χ3n) is 13.4. The van der Waals surface area contributed by atoms with Crippen LogP contribution >= 0.6 is 7.92 Å². The van der Waals surface area contributed by atoms with Crippen molar-refractivity contribution in [3.8, 4) is 0 Å². The van der Waals surface area contributed by atoms with E-state index in [9.17, 15) is 0 Å². The fourth-order valence-electron chi connectivity index (χ4n) is 11.0. The minimum Gasteiger partial charge on any atom is -1.00 e. The average molecular weight is 950 g/mol. The summed E-state index contributed by atoms with van der Waals surface area (Å²) in [5, 5.41) is 2.47. The van der Waals surface area contributed by atoms with E-state index in [1.165, 1.54) is 103 Å². The van der Waals surface area contributed by atoms with Crippen LogP contribution in [0, 0.1) is 48.2 Å². The Balaban J connectivity index is 0.000000197. The molecular weight excluding hydrogens is 880 g/mol. The van der Waals surface area contributed by atoms with Crippen LogP contribution in [0.3, 0.4) is 0 Å². The van der Waals surface area contributed by atoms with Crippen LogP contribution < -0.4 is 45.1 Å². The molecule has 0 spiro atoms. The van der Waals surface area contributed by atoms with Crippen LogP contribution in [-0.2, 0) is 19.5 Å². The number of aryl methyl sites for hydroxylation is 6. The molecule has 323 valence electrons. The molecule has 2 nitrogen and oxygen atoms in total. The molecule has 4 fully saturated rings. The molecule has 1 saturated heterocycles. The molecule has 4 aromatic rings. The Labute approximate surface area is 391 Å². The Hall–Kier alpha value is -2.37. The second-order valence-electron chi connectivity index (χ2n) is 17.9. The summed E-state index contributed by atoms with van der Waals surface area (Å²) >= 11 is 0. The van der Waals surface area contributed by atoms with Crippen molar-refractivity contribution in [2.24, 2.45) is 0 Å². The van der Waals surface area contributed by atoms with Crippen LogP contribution in [0.15, 0.2) is 84.9 Å². The second-order valence-corrected chi connectivity index (χ2v) is 21.0. The Kier molecular flexibility index (Phi) is 20.5. The van der Waals surface area contributed by atoms with Gasteiger partial charge in [-0.2, -0.15) is 0 Å². The minimum absolute atomic E-state index is 0. The molecule has 1 aliphatic heterocycles. The summed E-state index contributed by atoms with van der Waals surface area (Å²) in [5.74, 6) is 0. The van der Waals surface area contributed by atoms with Gasteiger partial charge in [-0.3, -0.25) is 0 Å². The number of allylic oxidation sites excluding steroid dienone is 1. The number of benzene rings is 4. The average Bonchev–Trinajstić information content (AvgIpc) is 3.87. The smallest absolute Gasteiger partial charge is 1.00 e. The third-order valence-corrected chi connectivity index (χ3v) is 17.4. The van der Waals surface area contributed by atoms with Gasteiger partial charge in [0.05, 0.1) is 0 Å². The van der Waals surface area contributed by atoms with Gasteiger partial charge in [0.2, 0.25) is 0 Å². The van der Waals surface area contributed by atoms with Crippen molar-refractivity contribution in [3.05, 3.63) is 141 Å². The van der Waals surface area contributed by atoms with Gasteiger partial charge in [0.25, 0.3) is 0 Å². The van der Waals surface area contributed by atoms with E-state index in [1.54, 1.807) is 77.0 Å². The van der Waals surface area contributed by atoms with Crippen LogP contribution in [0.2, 0.25) is 0 Å². The quantitative estimate of drug-likeness (QED) is 0.148. The molecular formula is C54H70Cl2N2PRu. The van der Waals surface area contributed by atoms with Gasteiger partial charge in [-0.25, -0.2) is 0 Å². The first-order valence-corrected chi connectivity index (χ1v) is 24.2. The van der Waals surface area contributed by atoms with Crippen LogP contribution in [0.25, 0.3) is 11.3 Å². The third kappa shape index (κ3) is 12.6. The molecule has 3 saturated carbocycles. The maximum absolute atomic E-state index is 3.29. The number of anilines is 2. The molecule has 6 heteroatoms. The molecule has 0 amide bonds. The second kappa shape index (κ2) is 24.5. The number of fused-ring (bicyclic) bond motifs is 1. The van der Waals surface area contributed by atoms with E-state index in [4.69, 9.17) is 0 Å². The standard InChI is InChI=1S/C21H27N2.C18H33P.C15H10.2ClH.Ru/c1-14-9-16(3)20(17(4)10-14)22-7-8-23(13-22)21-18(5)11-15(2)12-19(21)6;1-4-10-16(11-5-1)19(17-12-6-2-7-13-17)18-14-8-3-9-15-18;1-2-6-12(7-3-1)15-11-10-13-8-4-5-9-14(13)15;;;/h9-13H,7-8H2,1-6H3;16-18H,1-15H2;1-9,11H;2*1H;/q;;;;;+2/p-2. The van der Waals surface area contributed by atoms with Crippen molar-refractivity contribution in [1.82, 2.24) is 0 Å². The van der Waals surface area contributed by atoms with Crippen LogP contribution in [0.5, 0.6) is 0 Å². The van der Waals surface area contributed by atoms with E-state index >= 15 is 0 Å². The largest absolute Gasteiger partial charge is 2.00 e. The van der Waals surface area contributed by atoms with Crippen molar-refractivity contribution in [1.29, 1.82) is 0 Å². The van der Waals surface area contributed by atoms with Crippen LogP contribution in [0.1, 0.15) is 135 Å². The van der Waals surface area contributed by atoms with E-state index in [1.807, 2.05) is 12.1 Å². The Morgan fingerprint density at radius 3 is 1.30 bits per heavy atom. The van der Waals surface area contributed by atoms with E-state index < -0.39 is 0 Å². The predicted molar refractivity (Wildman–Crippen MR) is 250 cm³/mol. The van der Waals surface area contributed by atoms with Crippen molar-refractivity contribution in [3.63, 3.8) is 0 Å². The first-order chi connectivity index (χ1) is 27.8. The van der Waals surface area contributed by atoms with E-state index in [0.29, 0.717) is 7.92 Å². The summed E-state index contributed by atoms with van der Waals surface area (Å²) in [6.45, 7) is 17.6. The van der Waals surface area contributed by atoms with Crippen molar-refractivity contribution in [2.45, 2.75) is 155 Å². The maximum atomic E-state index is 3.29. The molecule has 0 aromatic heterocycles. The molecule has 0 atom stereocenters. The zero-order chi connectivity index (χ0) is 39.7. The first-order valence-electron chi connectivity index (χ1n) is 22.7. The summed E-state index contributed by atoms with van der Waals surface area (Å²) in [7, 11) is 0.385. The zero-order valence-electron chi connectivity index (χ0n) is 37.4. The molecule has 0 N–H and O–H groups in total. The van der Waals surface area contributed by atoms with Gasteiger partial charge < -0.3 is 34.6 Å².